The van der Waals surface area contributed by atoms with Crippen molar-refractivity contribution in [3.63, 3.8) is 0 Å². The Bertz CT molecular complexity index is 558. The molecular weight excluding hydrogens is 242 g/mol. The first-order valence-corrected chi connectivity index (χ1v) is 6.15. The van der Waals surface area contributed by atoms with Crippen LogP contribution in [-0.2, 0) is 0 Å². The van der Waals surface area contributed by atoms with Gasteiger partial charge in [-0.2, -0.15) is 4.98 Å². The lowest BCUT2D eigenvalue weighted by Gasteiger charge is -2.23. The molecular formula is C14H19N3O2. The fourth-order valence-electron chi connectivity index (χ4n) is 1.61. The van der Waals surface area contributed by atoms with Gasteiger partial charge in [-0.25, -0.2) is 0 Å². The lowest BCUT2D eigenvalue weighted by Crippen LogP contribution is -2.26. The van der Waals surface area contributed by atoms with E-state index < -0.39 is 0 Å². The molecule has 0 amide bonds. The van der Waals surface area contributed by atoms with Crippen LogP contribution in [0.4, 0.5) is 0 Å². The maximum absolute atomic E-state index is 6.10. The van der Waals surface area contributed by atoms with Gasteiger partial charge in [0.05, 0.1) is 13.2 Å². The second-order valence-corrected chi connectivity index (χ2v) is 5.53. The summed E-state index contributed by atoms with van der Waals surface area (Å²) >= 11 is 0. The van der Waals surface area contributed by atoms with Crippen LogP contribution in [0.15, 0.2) is 28.8 Å². The lowest BCUT2D eigenvalue weighted by atomic mass is 9.87. The van der Waals surface area contributed by atoms with Crippen molar-refractivity contribution in [3.8, 4) is 17.1 Å². The number of ether oxygens (including phenoxy) is 1. The van der Waals surface area contributed by atoms with Gasteiger partial charge in [0.25, 0.3) is 0 Å². The summed E-state index contributed by atoms with van der Waals surface area (Å²) in [6, 6.07) is 7.22. The fraction of sp³-hybridized carbons (Fsp3) is 0.429. The summed E-state index contributed by atoms with van der Waals surface area (Å²) in [5, 5.41) is 3.97. The monoisotopic (exact) mass is 261 g/mol. The smallest absolute Gasteiger partial charge is 0.244 e. The minimum Gasteiger partial charge on any atom is -0.497 e. The fourth-order valence-corrected chi connectivity index (χ4v) is 1.61. The molecule has 0 aliphatic heterocycles. The molecule has 1 unspecified atom stereocenters. The third-order valence-electron chi connectivity index (χ3n) is 2.97. The van der Waals surface area contributed by atoms with Gasteiger partial charge >= 0.3 is 0 Å². The molecule has 1 aromatic carbocycles. The summed E-state index contributed by atoms with van der Waals surface area (Å²) in [5.41, 5.74) is 6.81. The highest BCUT2D eigenvalue weighted by Crippen LogP contribution is 2.30. The molecule has 5 nitrogen and oxygen atoms in total. The maximum atomic E-state index is 6.10. The summed E-state index contributed by atoms with van der Waals surface area (Å²) < 4.78 is 10.4. The zero-order valence-corrected chi connectivity index (χ0v) is 11.7. The third-order valence-corrected chi connectivity index (χ3v) is 2.97. The van der Waals surface area contributed by atoms with Crippen LogP contribution in [0.1, 0.15) is 32.7 Å². The van der Waals surface area contributed by atoms with Gasteiger partial charge in [-0.3, -0.25) is 0 Å². The van der Waals surface area contributed by atoms with Gasteiger partial charge < -0.3 is 15.0 Å². The topological polar surface area (TPSA) is 74.2 Å². The third kappa shape index (κ3) is 2.93. The van der Waals surface area contributed by atoms with E-state index in [0.717, 1.165) is 11.3 Å². The molecule has 0 spiro atoms. The molecule has 2 N–H and O–H groups in total. The number of aromatic nitrogens is 2. The van der Waals surface area contributed by atoms with Crippen LogP contribution in [0, 0.1) is 5.41 Å². The number of hydrogen-bond acceptors (Lipinski definition) is 5. The number of nitrogens with two attached hydrogens (primary N) is 1. The van der Waals surface area contributed by atoms with Crippen molar-refractivity contribution >= 4 is 0 Å². The summed E-state index contributed by atoms with van der Waals surface area (Å²) in [6.45, 7) is 6.10. The van der Waals surface area contributed by atoms with Gasteiger partial charge in [-0.1, -0.05) is 38.1 Å². The first kappa shape index (κ1) is 13.5. The Morgan fingerprint density at radius 2 is 2.05 bits per heavy atom. The first-order valence-electron chi connectivity index (χ1n) is 6.15. The maximum Gasteiger partial charge on any atom is 0.244 e. The average molecular weight is 261 g/mol. The second kappa shape index (κ2) is 5.01. The van der Waals surface area contributed by atoms with Crippen LogP contribution < -0.4 is 10.5 Å². The second-order valence-electron chi connectivity index (χ2n) is 5.53. The van der Waals surface area contributed by atoms with Gasteiger partial charge in [-0.15, -0.1) is 0 Å². The minimum atomic E-state index is -0.292. The Kier molecular flexibility index (Phi) is 3.57. The molecule has 0 fully saturated rings. The zero-order valence-electron chi connectivity index (χ0n) is 11.7. The molecule has 1 heterocycles. The van der Waals surface area contributed by atoms with E-state index in [-0.39, 0.29) is 11.5 Å². The van der Waals surface area contributed by atoms with Crippen molar-refractivity contribution in [1.82, 2.24) is 10.1 Å². The van der Waals surface area contributed by atoms with Crippen LogP contribution in [0.5, 0.6) is 5.75 Å². The molecule has 5 heteroatoms. The van der Waals surface area contributed by atoms with E-state index in [1.165, 1.54) is 0 Å². The Morgan fingerprint density at radius 3 is 2.68 bits per heavy atom. The summed E-state index contributed by atoms with van der Waals surface area (Å²) in [7, 11) is 1.62. The van der Waals surface area contributed by atoms with E-state index in [2.05, 4.69) is 10.1 Å². The average Bonchev–Trinajstić information content (AvgIpc) is 2.86. The van der Waals surface area contributed by atoms with Crippen LogP contribution in [0.2, 0.25) is 0 Å². The molecule has 0 aliphatic carbocycles. The van der Waals surface area contributed by atoms with Crippen molar-refractivity contribution in [2.45, 2.75) is 26.8 Å². The van der Waals surface area contributed by atoms with E-state index in [1.807, 2.05) is 45.0 Å². The van der Waals surface area contributed by atoms with Crippen LogP contribution in [-0.4, -0.2) is 17.3 Å². The van der Waals surface area contributed by atoms with Crippen molar-refractivity contribution in [2.24, 2.45) is 11.1 Å². The predicted octanol–water partition coefficient (Wildman–Crippen LogP) is 2.79. The summed E-state index contributed by atoms with van der Waals surface area (Å²) in [4.78, 5) is 4.36. The predicted molar refractivity (Wildman–Crippen MR) is 72.7 cm³/mol. The van der Waals surface area contributed by atoms with Gasteiger partial charge in [0, 0.05) is 5.56 Å². The Hall–Kier alpha value is -1.88. The number of benzene rings is 1. The largest absolute Gasteiger partial charge is 0.497 e. The zero-order chi connectivity index (χ0) is 14.0. The van der Waals surface area contributed by atoms with Crippen molar-refractivity contribution in [1.29, 1.82) is 0 Å². The molecule has 1 aromatic heterocycles. The molecule has 0 aliphatic rings. The Morgan fingerprint density at radius 1 is 1.32 bits per heavy atom. The quantitative estimate of drug-likeness (QED) is 0.919. The summed E-state index contributed by atoms with van der Waals surface area (Å²) in [6.07, 6.45) is 0. The van der Waals surface area contributed by atoms with Gasteiger partial charge in [0.15, 0.2) is 0 Å². The van der Waals surface area contributed by atoms with Gasteiger partial charge in [-0.05, 0) is 17.5 Å². The van der Waals surface area contributed by atoms with Crippen LogP contribution >= 0.6 is 0 Å². The summed E-state index contributed by atoms with van der Waals surface area (Å²) in [5.74, 6) is 1.72. The number of rotatable bonds is 3. The van der Waals surface area contributed by atoms with Gasteiger partial charge in [0.2, 0.25) is 11.7 Å². The molecule has 2 rings (SSSR count). The minimum absolute atomic E-state index is 0.127. The highest BCUT2D eigenvalue weighted by molar-refractivity contribution is 5.56. The number of nitrogens with zero attached hydrogens (tertiary/aromatic N) is 2. The SMILES string of the molecule is COc1cccc(-c2noc(C(N)C(C)(C)C)n2)c1. The highest BCUT2D eigenvalue weighted by atomic mass is 16.5. The van der Waals surface area contributed by atoms with Crippen molar-refractivity contribution < 1.29 is 9.26 Å². The molecule has 0 bridgehead atoms. The first-order chi connectivity index (χ1) is 8.91. The molecule has 0 radical (unpaired) electrons. The Balaban J connectivity index is 2.30. The molecule has 0 saturated carbocycles. The molecule has 0 saturated heterocycles. The van der Waals surface area contributed by atoms with E-state index >= 15 is 0 Å². The highest BCUT2D eigenvalue weighted by Gasteiger charge is 2.27. The van der Waals surface area contributed by atoms with E-state index in [0.29, 0.717) is 11.7 Å². The van der Waals surface area contributed by atoms with Crippen molar-refractivity contribution in [2.75, 3.05) is 7.11 Å². The molecule has 19 heavy (non-hydrogen) atoms. The Labute approximate surface area is 112 Å². The lowest BCUT2D eigenvalue weighted by molar-refractivity contribution is 0.253. The number of methoxy groups -OCH3 is 1. The van der Waals surface area contributed by atoms with Gasteiger partial charge in [0.1, 0.15) is 5.75 Å². The normalized spacial score (nSPS) is 13.3. The van der Waals surface area contributed by atoms with E-state index in [9.17, 15) is 0 Å². The standard InChI is InChI=1S/C14H19N3O2/c1-14(2,3)11(15)13-16-12(17-19-13)9-6-5-7-10(8-9)18-4/h5-8,11H,15H2,1-4H3. The molecule has 1 atom stereocenters. The van der Waals surface area contributed by atoms with E-state index in [1.54, 1.807) is 7.11 Å². The van der Waals surface area contributed by atoms with E-state index in [4.69, 9.17) is 15.0 Å². The molecule has 102 valence electrons. The van der Waals surface area contributed by atoms with Crippen LogP contribution in [0.25, 0.3) is 11.4 Å². The molecule has 2 aromatic rings. The number of hydrogen-bond donors (Lipinski definition) is 1. The van der Waals surface area contributed by atoms with Crippen molar-refractivity contribution in [3.05, 3.63) is 30.2 Å². The van der Waals surface area contributed by atoms with Crippen LogP contribution in [0.3, 0.4) is 0 Å².